The first kappa shape index (κ1) is 19.5. The minimum absolute atomic E-state index is 0.111. The van der Waals surface area contributed by atoms with Crippen LogP contribution in [0.25, 0.3) is 0 Å². The SMILES string of the molecule is CS(=O)(=O)Nc1cccc2c1CCCN2CCC(=O)Nc1ccccc1Cl. The molecule has 1 aliphatic heterocycles. The van der Waals surface area contributed by atoms with Crippen molar-refractivity contribution in [1.29, 1.82) is 0 Å². The van der Waals surface area contributed by atoms with Gasteiger partial charge in [0.1, 0.15) is 0 Å². The van der Waals surface area contributed by atoms with E-state index in [0.29, 0.717) is 29.4 Å². The summed E-state index contributed by atoms with van der Waals surface area (Å²) >= 11 is 6.07. The van der Waals surface area contributed by atoms with Gasteiger partial charge in [0.05, 0.1) is 22.7 Å². The molecule has 0 fully saturated rings. The van der Waals surface area contributed by atoms with Gasteiger partial charge in [0.15, 0.2) is 0 Å². The van der Waals surface area contributed by atoms with Crippen molar-refractivity contribution in [3.63, 3.8) is 0 Å². The molecule has 0 aliphatic carbocycles. The fraction of sp³-hybridized carbons (Fsp3) is 0.316. The Labute approximate surface area is 164 Å². The largest absolute Gasteiger partial charge is 0.371 e. The fourth-order valence-corrected chi connectivity index (χ4v) is 4.01. The van der Waals surface area contributed by atoms with E-state index in [-0.39, 0.29) is 5.91 Å². The average molecular weight is 408 g/mol. The van der Waals surface area contributed by atoms with Crippen LogP contribution < -0.4 is 14.9 Å². The number of para-hydroxylation sites is 1. The summed E-state index contributed by atoms with van der Waals surface area (Å²) in [5.74, 6) is -0.111. The average Bonchev–Trinajstić information content (AvgIpc) is 2.61. The molecular weight excluding hydrogens is 386 g/mol. The Balaban J connectivity index is 1.68. The molecule has 0 unspecified atom stereocenters. The van der Waals surface area contributed by atoms with Crippen molar-refractivity contribution in [2.24, 2.45) is 0 Å². The number of sulfonamides is 1. The van der Waals surface area contributed by atoms with Gasteiger partial charge in [0.25, 0.3) is 0 Å². The first-order chi connectivity index (χ1) is 12.8. The van der Waals surface area contributed by atoms with E-state index in [9.17, 15) is 13.2 Å². The number of carbonyl (C=O) groups excluding carboxylic acids is 1. The van der Waals surface area contributed by atoms with E-state index < -0.39 is 10.0 Å². The number of halogens is 1. The molecular formula is C19H22ClN3O3S. The molecule has 1 amide bonds. The van der Waals surface area contributed by atoms with Crippen molar-refractivity contribution in [2.75, 3.05) is 34.3 Å². The highest BCUT2D eigenvalue weighted by molar-refractivity contribution is 7.92. The molecule has 0 saturated carbocycles. The monoisotopic (exact) mass is 407 g/mol. The Morgan fingerprint density at radius 1 is 1.15 bits per heavy atom. The normalized spacial score (nSPS) is 13.8. The molecule has 144 valence electrons. The molecule has 0 aromatic heterocycles. The molecule has 2 N–H and O–H groups in total. The Morgan fingerprint density at radius 3 is 2.63 bits per heavy atom. The number of nitrogens with one attached hydrogen (secondary N) is 2. The lowest BCUT2D eigenvalue weighted by Gasteiger charge is -2.32. The van der Waals surface area contributed by atoms with Gasteiger partial charge in [0, 0.05) is 25.2 Å². The van der Waals surface area contributed by atoms with Crippen LogP contribution in [0.4, 0.5) is 17.1 Å². The number of carbonyl (C=O) groups is 1. The van der Waals surface area contributed by atoms with Crippen molar-refractivity contribution >= 4 is 44.6 Å². The lowest BCUT2D eigenvalue weighted by atomic mass is 10.00. The van der Waals surface area contributed by atoms with Crippen LogP contribution in [-0.4, -0.2) is 33.7 Å². The van der Waals surface area contributed by atoms with Crippen molar-refractivity contribution in [1.82, 2.24) is 0 Å². The number of amides is 1. The number of rotatable bonds is 6. The second kappa shape index (κ2) is 8.19. The third-order valence-corrected chi connectivity index (χ3v) is 5.32. The minimum Gasteiger partial charge on any atom is -0.371 e. The van der Waals surface area contributed by atoms with E-state index in [1.807, 2.05) is 24.3 Å². The molecule has 2 aromatic carbocycles. The molecule has 3 rings (SSSR count). The van der Waals surface area contributed by atoms with Crippen LogP contribution in [0.2, 0.25) is 5.02 Å². The van der Waals surface area contributed by atoms with E-state index in [0.717, 1.165) is 36.9 Å². The van der Waals surface area contributed by atoms with E-state index in [1.165, 1.54) is 0 Å². The zero-order valence-corrected chi connectivity index (χ0v) is 16.6. The molecule has 0 bridgehead atoms. The van der Waals surface area contributed by atoms with E-state index in [1.54, 1.807) is 18.2 Å². The van der Waals surface area contributed by atoms with E-state index >= 15 is 0 Å². The van der Waals surface area contributed by atoms with Crippen LogP contribution in [-0.2, 0) is 21.2 Å². The number of fused-ring (bicyclic) bond motifs is 1. The third-order valence-electron chi connectivity index (χ3n) is 4.40. The van der Waals surface area contributed by atoms with Gasteiger partial charge in [-0.3, -0.25) is 9.52 Å². The Kier molecular flexibility index (Phi) is 5.92. The van der Waals surface area contributed by atoms with Crippen molar-refractivity contribution in [3.05, 3.63) is 53.1 Å². The number of nitrogens with zero attached hydrogens (tertiary/aromatic N) is 1. The minimum atomic E-state index is -3.34. The lowest BCUT2D eigenvalue weighted by molar-refractivity contribution is -0.116. The highest BCUT2D eigenvalue weighted by atomic mass is 35.5. The predicted octanol–water partition coefficient (Wildman–Crippen LogP) is 3.49. The molecule has 1 heterocycles. The van der Waals surface area contributed by atoms with Gasteiger partial charge in [0.2, 0.25) is 15.9 Å². The second-order valence-corrected chi connectivity index (χ2v) is 8.70. The molecule has 6 nitrogen and oxygen atoms in total. The maximum Gasteiger partial charge on any atom is 0.229 e. The highest BCUT2D eigenvalue weighted by Gasteiger charge is 2.21. The van der Waals surface area contributed by atoms with Gasteiger partial charge in [-0.05, 0) is 42.7 Å². The van der Waals surface area contributed by atoms with Gasteiger partial charge in [-0.25, -0.2) is 8.42 Å². The summed E-state index contributed by atoms with van der Waals surface area (Å²) in [4.78, 5) is 14.4. The molecule has 0 radical (unpaired) electrons. The fourth-order valence-electron chi connectivity index (χ4n) is 3.24. The number of hydrogen-bond acceptors (Lipinski definition) is 4. The molecule has 1 aliphatic rings. The van der Waals surface area contributed by atoms with E-state index in [2.05, 4.69) is 14.9 Å². The van der Waals surface area contributed by atoms with Crippen LogP contribution in [0.15, 0.2) is 42.5 Å². The lowest BCUT2D eigenvalue weighted by Crippen LogP contribution is -2.33. The van der Waals surface area contributed by atoms with Gasteiger partial charge in [-0.1, -0.05) is 29.8 Å². The zero-order valence-electron chi connectivity index (χ0n) is 15.0. The van der Waals surface area contributed by atoms with Gasteiger partial charge in [-0.15, -0.1) is 0 Å². The standard InChI is InChI=1S/C19H22ClN3O3S/c1-27(25,26)22-16-9-4-10-18-14(16)6-5-12-23(18)13-11-19(24)21-17-8-3-2-7-15(17)20/h2-4,7-10,22H,5-6,11-13H2,1H3,(H,21,24). The summed E-state index contributed by atoms with van der Waals surface area (Å²) in [6, 6.07) is 12.7. The number of hydrogen-bond donors (Lipinski definition) is 2. The molecule has 0 saturated heterocycles. The summed E-state index contributed by atoms with van der Waals surface area (Å²) in [5, 5.41) is 3.33. The first-order valence-corrected chi connectivity index (χ1v) is 11.0. The van der Waals surface area contributed by atoms with Crippen molar-refractivity contribution in [3.8, 4) is 0 Å². The molecule has 0 atom stereocenters. The third kappa shape index (κ3) is 5.14. The first-order valence-electron chi connectivity index (χ1n) is 8.72. The molecule has 27 heavy (non-hydrogen) atoms. The molecule has 8 heteroatoms. The van der Waals surface area contributed by atoms with Crippen molar-refractivity contribution in [2.45, 2.75) is 19.3 Å². The summed E-state index contributed by atoms with van der Waals surface area (Å²) in [5.41, 5.74) is 3.16. The Bertz CT molecular complexity index is 947. The van der Waals surface area contributed by atoms with Crippen LogP contribution in [0.5, 0.6) is 0 Å². The van der Waals surface area contributed by atoms with Gasteiger partial charge < -0.3 is 10.2 Å². The van der Waals surface area contributed by atoms with E-state index in [4.69, 9.17) is 11.6 Å². The van der Waals surface area contributed by atoms with Crippen LogP contribution in [0.3, 0.4) is 0 Å². The Morgan fingerprint density at radius 2 is 1.89 bits per heavy atom. The summed E-state index contributed by atoms with van der Waals surface area (Å²) in [6.45, 7) is 1.38. The van der Waals surface area contributed by atoms with Gasteiger partial charge in [-0.2, -0.15) is 0 Å². The van der Waals surface area contributed by atoms with Gasteiger partial charge >= 0.3 is 0 Å². The topological polar surface area (TPSA) is 78.5 Å². The van der Waals surface area contributed by atoms with Crippen LogP contribution >= 0.6 is 11.6 Å². The maximum atomic E-state index is 12.3. The zero-order chi connectivity index (χ0) is 19.4. The predicted molar refractivity (Wildman–Crippen MR) is 110 cm³/mol. The molecule has 0 spiro atoms. The summed E-state index contributed by atoms with van der Waals surface area (Å²) < 4.78 is 25.8. The maximum absolute atomic E-state index is 12.3. The number of benzene rings is 2. The summed E-state index contributed by atoms with van der Waals surface area (Å²) in [7, 11) is -3.34. The highest BCUT2D eigenvalue weighted by Crippen LogP contribution is 2.33. The quantitative estimate of drug-likeness (QED) is 0.768. The Hall–Kier alpha value is -2.25. The van der Waals surface area contributed by atoms with Crippen LogP contribution in [0.1, 0.15) is 18.4 Å². The summed E-state index contributed by atoms with van der Waals surface area (Å²) in [6.07, 6.45) is 3.17. The number of anilines is 3. The second-order valence-electron chi connectivity index (χ2n) is 6.55. The van der Waals surface area contributed by atoms with Crippen molar-refractivity contribution < 1.29 is 13.2 Å². The van der Waals surface area contributed by atoms with Crippen LogP contribution in [0, 0.1) is 0 Å². The smallest absolute Gasteiger partial charge is 0.229 e. The molecule has 2 aromatic rings.